The lowest BCUT2D eigenvalue weighted by atomic mass is 10.1. The molecule has 0 atom stereocenters. The molecule has 0 unspecified atom stereocenters. The fourth-order valence-electron chi connectivity index (χ4n) is 6.16. The Hall–Kier alpha value is -7.46. The second-order valence-electron chi connectivity index (χ2n) is 13.0. The summed E-state index contributed by atoms with van der Waals surface area (Å²) in [6.45, 7) is 6.76. The van der Waals surface area contributed by atoms with Gasteiger partial charge in [0.2, 0.25) is 41.1 Å². The molecule has 0 spiro atoms. The van der Waals surface area contributed by atoms with Crippen molar-refractivity contribution in [3.63, 3.8) is 0 Å². The van der Waals surface area contributed by atoms with Gasteiger partial charge in [-0.3, -0.25) is 39.2 Å². The number of hydrogen-bond donors (Lipinski definition) is 7. The number of aliphatic hydroxyl groups is 1. The second-order valence-corrected chi connectivity index (χ2v) is 13.0. The smallest absolute Gasteiger partial charge is 0.295 e. The van der Waals surface area contributed by atoms with E-state index in [9.17, 15) is 24.0 Å². The highest BCUT2D eigenvalue weighted by molar-refractivity contribution is 6.05. The summed E-state index contributed by atoms with van der Waals surface area (Å²) in [5.41, 5.74) is 18.1. The van der Waals surface area contributed by atoms with Crippen LogP contribution in [0.3, 0.4) is 0 Å². The summed E-state index contributed by atoms with van der Waals surface area (Å²) in [5, 5.41) is 17.1. The molecule has 6 rings (SSSR count). The zero-order valence-corrected chi connectivity index (χ0v) is 34.2. The number of nitrogens with one attached hydrogen (secondary N) is 3. The minimum atomic E-state index is -0.743. The molecule has 6 aromatic rings. The molecule has 0 bridgehead atoms. The highest BCUT2D eigenvalue weighted by Gasteiger charge is 2.25. The Kier molecular flexibility index (Phi) is 14.6. The SMILES string of the molecule is CCc1nc(C)oc1C(=O)Nc1nc2cc(C(N)=O)cnc2n1C/C=C/Cn1c(NC(=O)c2oc(C)nc2CC)nc2cc(C(N)=O)cc(OCCCNC(=O)CO)c21.CN. The molecule has 0 fully saturated rings. The highest BCUT2D eigenvalue weighted by Crippen LogP contribution is 2.32. The molecule has 0 saturated carbocycles. The van der Waals surface area contributed by atoms with Gasteiger partial charge in [-0.05, 0) is 44.5 Å². The summed E-state index contributed by atoms with van der Waals surface area (Å²) in [4.78, 5) is 85.0. The maximum absolute atomic E-state index is 13.6. The minimum Gasteiger partial charge on any atom is -0.491 e. The molecular formula is C39H47N13O9. The number of aliphatic hydroxyl groups excluding tert-OH is 1. The summed E-state index contributed by atoms with van der Waals surface area (Å²) in [5.74, 6) is -2.12. The van der Waals surface area contributed by atoms with Crippen LogP contribution < -0.4 is 37.9 Å². The third-order valence-electron chi connectivity index (χ3n) is 8.89. The van der Waals surface area contributed by atoms with Crippen LogP contribution in [-0.2, 0) is 30.7 Å². The first-order valence-electron chi connectivity index (χ1n) is 19.1. The highest BCUT2D eigenvalue weighted by atomic mass is 16.5. The Labute approximate surface area is 347 Å². The molecule has 0 aliphatic carbocycles. The molecule has 0 saturated heterocycles. The third-order valence-corrected chi connectivity index (χ3v) is 8.89. The van der Waals surface area contributed by atoms with Crippen molar-refractivity contribution in [1.29, 1.82) is 0 Å². The van der Waals surface area contributed by atoms with Crippen molar-refractivity contribution in [1.82, 2.24) is 39.4 Å². The van der Waals surface area contributed by atoms with Gasteiger partial charge in [-0.15, -0.1) is 0 Å². The quantitative estimate of drug-likeness (QED) is 0.0480. The first kappa shape index (κ1) is 44.6. The molecule has 0 radical (unpaired) electrons. The summed E-state index contributed by atoms with van der Waals surface area (Å²) in [6, 6.07) is 4.39. The number of oxazole rings is 2. The standard InChI is InChI=1S/C38H42N12O9.CH5N/c1-5-23-30(58-19(3)43-23)35(55)47-37-45-25-14-21(32(39)53)16-27(57-13-9-10-41-28(52)18-51)29(25)49(37)11-7-8-12-50-34-26(15-22(17-42-34)33(40)54)46-38(50)48-36(56)31-24(6-2)44-20(4)59-31;1-2/h7-8,14-17,51H,5-6,9-13,18H2,1-4H3,(H2,39,53)(H2,40,54)(H,41,52)(H,45,47,55)(H,46,48,56);2H2,1H3/b8-7+;. The summed E-state index contributed by atoms with van der Waals surface area (Å²) in [6.07, 6.45) is 6.05. The van der Waals surface area contributed by atoms with E-state index in [0.29, 0.717) is 53.6 Å². The van der Waals surface area contributed by atoms with Crippen LogP contribution in [0.4, 0.5) is 11.9 Å². The Morgan fingerprint density at radius 2 is 1.33 bits per heavy atom. The number of carbonyl (C=O) groups excluding carboxylic acids is 5. The molecule has 5 amide bonds. The Balaban J connectivity index is 0.00000347. The molecule has 61 heavy (non-hydrogen) atoms. The van der Waals surface area contributed by atoms with E-state index in [1.807, 2.05) is 13.8 Å². The summed E-state index contributed by atoms with van der Waals surface area (Å²) < 4.78 is 20.6. The van der Waals surface area contributed by atoms with Gasteiger partial charge >= 0.3 is 0 Å². The maximum atomic E-state index is 13.6. The van der Waals surface area contributed by atoms with Gasteiger partial charge in [0.15, 0.2) is 17.4 Å². The number of benzene rings is 1. The lowest BCUT2D eigenvalue weighted by Gasteiger charge is -2.13. The average molecular weight is 842 g/mol. The van der Waals surface area contributed by atoms with E-state index in [0.717, 1.165) is 0 Å². The van der Waals surface area contributed by atoms with E-state index < -0.39 is 36.1 Å². The van der Waals surface area contributed by atoms with Crippen LogP contribution in [0, 0.1) is 13.8 Å². The number of aryl methyl sites for hydroxylation is 4. The molecule has 0 aliphatic heterocycles. The van der Waals surface area contributed by atoms with Gasteiger partial charge in [-0.25, -0.2) is 24.9 Å². The molecule has 1 aromatic carbocycles. The third kappa shape index (κ3) is 10.2. The Morgan fingerprint density at radius 1 is 0.787 bits per heavy atom. The number of rotatable bonds is 18. The Morgan fingerprint density at radius 3 is 1.89 bits per heavy atom. The van der Waals surface area contributed by atoms with E-state index in [4.69, 9.17) is 30.1 Å². The van der Waals surface area contributed by atoms with Crippen LogP contribution in [-0.4, -0.2) is 95.5 Å². The van der Waals surface area contributed by atoms with Gasteiger partial charge in [0.25, 0.3) is 11.8 Å². The fourth-order valence-corrected chi connectivity index (χ4v) is 6.16. The van der Waals surface area contributed by atoms with Crippen molar-refractivity contribution in [2.24, 2.45) is 17.2 Å². The van der Waals surface area contributed by atoms with Crippen LogP contribution >= 0.6 is 0 Å². The predicted octanol–water partition coefficient (Wildman–Crippen LogP) is 1.91. The molecule has 5 heterocycles. The molecule has 0 aliphatic rings. The number of pyridine rings is 1. The van der Waals surface area contributed by atoms with Crippen molar-refractivity contribution >= 4 is 63.6 Å². The topological polar surface area (TPSA) is 330 Å². The molecule has 5 aromatic heterocycles. The number of imidazole rings is 2. The van der Waals surface area contributed by atoms with E-state index >= 15 is 0 Å². The summed E-state index contributed by atoms with van der Waals surface area (Å²) in [7, 11) is 1.50. The molecule has 10 N–H and O–H groups in total. The van der Waals surface area contributed by atoms with Gasteiger partial charge in [-0.2, -0.15) is 0 Å². The number of anilines is 2. The zero-order valence-electron chi connectivity index (χ0n) is 34.2. The van der Waals surface area contributed by atoms with Crippen LogP contribution in [0.2, 0.25) is 0 Å². The number of ether oxygens (including phenoxy) is 1. The number of nitrogens with zero attached hydrogens (tertiary/aromatic N) is 7. The largest absolute Gasteiger partial charge is 0.491 e. The lowest BCUT2D eigenvalue weighted by Crippen LogP contribution is -2.28. The normalized spacial score (nSPS) is 11.1. The van der Waals surface area contributed by atoms with Crippen LogP contribution in [0.25, 0.3) is 22.2 Å². The van der Waals surface area contributed by atoms with Gasteiger partial charge in [0.1, 0.15) is 23.4 Å². The monoisotopic (exact) mass is 841 g/mol. The number of fused-ring (bicyclic) bond motifs is 2. The number of carbonyl (C=O) groups is 5. The minimum absolute atomic E-state index is 0.0125. The van der Waals surface area contributed by atoms with Gasteiger partial charge in [0.05, 0.1) is 29.1 Å². The molecule has 22 heteroatoms. The number of primary amides is 2. The molecular weight excluding hydrogens is 795 g/mol. The van der Waals surface area contributed by atoms with Gasteiger partial charge < -0.3 is 45.8 Å². The van der Waals surface area contributed by atoms with Gasteiger partial charge in [0, 0.05) is 45.2 Å². The molecule has 322 valence electrons. The van der Waals surface area contributed by atoms with E-state index in [-0.39, 0.29) is 77.6 Å². The number of allylic oxidation sites excluding steroid dienone is 2. The zero-order chi connectivity index (χ0) is 44.4. The first-order valence-corrected chi connectivity index (χ1v) is 19.1. The van der Waals surface area contributed by atoms with Gasteiger partial charge in [-0.1, -0.05) is 26.0 Å². The maximum Gasteiger partial charge on any atom is 0.295 e. The van der Waals surface area contributed by atoms with Crippen molar-refractivity contribution < 1.29 is 42.7 Å². The Bertz CT molecular complexity index is 2620. The first-order chi connectivity index (χ1) is 29.3. The van der Waals surface area contributed by atoms with Crippen LogP contribution in [0.5, 0.6) is 5.75 Å². The van der Waals surface area contributed by atoms with Crippen molar-refractivity contribution in [3.05, 3.63) is 82.4 Å². The van der Waals surface area contributed by atoms with Crippen LogP contribution in [0.15, 0.2) is 45.4 Å². The number of nitrogens with two attached hydrogens (primary N) is 3. The van der Waals surface area contributed by atoms with E-state index in [2.05, 4.69) is 46.6 Å². The summed E-state index contributed by atoms with van der Waals surface area (Å²) >= 11 is 0. The second kappa shape index (κ2) is 20.0. The van der Waals surface area contributed by atoms with Crippen molar-refractivity contribution in [2.45, 2.75) is 60.0 Å². The van der Waals surface area contributed by atoms with Crippen molar-refractivity contribution in [3.8, 4) is 5.75 Å². The molecule has 22 nitrogen and oxygen atoms in total. The average Bonchev–Trinajstić information content (AvgIpc) is 4.01. The van der Waals surface area contributed by atoms with E-state index in [1.54, 1.807) is 35.1 Å². The number of aromatic nitrogens is 7. The predicted molar refractivity (Wildman–Crippen MR) is 221 cm³/mol. The van der Waals surface area contributed by atoms with Crippen LogP contribution in [0.1, 0.15) is 85.3 Å². The number of hydrogen-bond acceptors (Lipinski definition) is 15. The van der Waals surface area contributed by atoms with Crippen molar-refractivity contribution in [2.75, 3.05) is 37.4 Å². The number of amides is 5. The fraction of sp³-hybridized carbons (Fsp3) is 0.333. The lowest BCUT2D eigenvalue weighted by molar-refractivity contribution is -0.123. The van der Waals surface area contributed by atoms with E-state index in [1.165, 1.54) is 31.4 Å².